The van der Waals surface area contributed by atoms with E-state index in [1.54, 1.807) is 0 Å². The molecule has 0 bridgehead atoms. The summed E-state index contributed by atoms with van der Waals surface area (Å²) in [5, 5.41) is 11.6. The van der Waals surface area contributed by atoms with E-state index in [-0.39, 0.29) is 18.6 Å². The van der Waals surface area contributed by atoms with Crippen LogP contribution >= 0.6 is 0 Å². The first-order valence-corrected chi connectivity index (χ1v) is 6.93. The van der Waals surface area contributed by atoms with E-state index in [2.05, 4.69) is 5.32 Å². The van der Waals surface area contributed by atoms with Crippen LogP contribution in [-0.4, -0.2) is 41.1 Å². The summed E-state index contributed by atoms with van der Waals surface area (Å²) in [5.74, 6) is -0.188. The second kappa shape index (κ2) is 6.07. The molecular weight excluding hydrogens is 232 g/mol. The predicted molar refractivity (Wildman–Crippen MR) is 67.3 cm³/mol. The molecule has 18 heavy (non-hydrogen) atoms. The van der Waals surface area contributed by atoms with Gasteiger partial charge in [0, 0.05) is 12.6 Å². The van der Waals surface area contributed by atoms with Gasteiger partial charge >= 0.3 is 12.0 Å². The molecule has 0 aromatic heterocycles. The van der Waals surface area contributed by atoms with E-state index in [1.165, 1.54) is 30.6 Å². The number of amides is 2. The first kappa shape index (κ1) is 13.2. The number of urea groups is 1. The molecule has 0 aromatic carbocycles. The van der Waals surface area contributed by atoms with Gasteiger partial charge in [0.25, 0.3) is 0 Å². The Balaban J connectivity index is 1.69. The minimum atomic E-state index is -0.937. The lowest BCUT2D eigenvalue weighted by Gasteiger charge is -2.21. The van der Waals surface area contributed by atoms with Gasteiger partial charge in [-0.15, -0.1) is 0 Å². The maximum absolute atomic E-state index is 11.9. The molecule has 0 saturated heterocycles. The molecule has 2 N–H and O–H groups in total. The summed E-state index contributed by atoms with van der Waals surface area (Å²) in [5.41, 5.74) is 0. The summed E-state index contributed by atoms with van der Waals surface area (Å²) in [6, 6.07) is -0.0644. The highest BCUT2D eigenvalue weighted by Gasteiger charge is 2.33. The third-order valence-electron chi connectivity index (χ3n) is 3.86. The molecule has 0 heterocycles. The Hall–Kier alpha value is -1.26. The van der Waals surface area contributed by atoms with Crippen molar-refractivity contribution in [1.82, 2.24) is 10.2 Å². The van der Waals surface area contributed by atoms with Crippen molar-refractivity contribution >= 4 is 12.0 Å². The van der Waals surface area contributed by atoms with Crippen LogP contribution in [0.4, 0.5) is 4.79 Å². The van der Waals surface area contributed by atoms with Gasteiger partial charge in [-0.05, 0) is 25.2 Å². The quantitative estimate of drug-likeness (QED) is 0.759. The number of nitrogens with zero attached hydrogens (tertiary/aromatic N) is 1. The van der Waals surface area contributed by atoms with Gasteiger partial charge in [-0.2, -0.15) is 0 Å². The van der Waals surface area contributed by atoms with Gasteiger partial charge in [-0.3, -0.25) is 4.79 Å². The van der Waals surface area contributed by atoms with Crippen LogP contribution in [-0.2, 0) is 4.79 Å². The van der Waals surface area contributed by atoms with Crippen LogP contribution in [0.15, 0.2) is 0 Å². The second-order valence-electron chi connectivity index (χ2n) is 5.42. The highest BCUT2D eigenvalue weighted by Crippen LogP contribution is 2.28. The molecule has 0 spiro atoms. The summed E-state index contributed by atoms with van der Waals surface area (Å²) in [7, 11) is 0. The standard InChI is InChI=1S/C13H22N2O3/c16-12(17)9-15(11-5-6-11)13(18)14-8-7-10-3-1-2-4-10/h10-11H,1-9H2,(H,14,18)(H,16,17). The average Bonchev–Trinajstić information content (AvgIpc) is 3.03. The molecule has 5 nitrogen and oxygen atoms in total. The number of hydrogen-bond donors (Lipinski definition) is 2. The number of aliphatic carboxylic acids is 1. The van der Waals surface area contributed by atoms with Gasteiger partial charge in [0.05, 0.1) is 0 Å². The van der Waals surface area contributed by atoms with Crippen molar-refractivity contribution in [2.24, 2.45) is 5.92 Å². The van der Waals surface area contributed by atoms with Gasteiger partial charge in [-0.1, -0.05) is 25.7 Å². The Kier molecular flexibility index (Phi) is 4.44. The van der Waals surface area contributed by atoms with Crippen LogP contribution in [0.3, 0.4) is 0 Å². The van der Waals surface area contributed by atoms with Gasteiger partial charge < -0.3 is 15.3 Å². The van der Waals surface area contributed by atoms with Crippen LogP contribution < -0.4 is 5.32 Å². The number of hydrogen-bond acceptors (Lipinski definition) is 2. The molecule has 5 heteroatoms. The zero-order chi connectivity index (χ0) is 13.0. The molecule has 0 unspecified atom stereocenters. The van der Waals surface area contributed by atoms with E-state index >= 15 is 0 Å². The predicted octanol–water partition coefficient (Wildman–Crippen LogP) is 1.83. The lowest BCUT2D eigenvalue weighted by atomic mass is 10.0. The number of rotatable bonds is 6. The van der Waals surface area contributed by atoms with Gasteiger partial charge in [0.2, 0.25) is 0 Å². The third kappa shape index (κ3) is 3.89. The Morgan fingerprint density at radius 1 is 1.17 bits per heavy atom. The van der Waals surface area contributed by atoms with E-state index < -0.39 is 5.97 Å². The fourth-order valence-electron chi connectivity index (χ4n) is 2.68. The molecular formula is C13H22N2O3. The monoisotopic (exact) mass is 254 g/mol. The minimum Gasteiger partial charge on any atom is -0.480 e. The maximum atomic E-state index is 11.9. The van der Waals surface area contributed by atoms with Gasteiger partial charge in [0.1, 0.15) is 6.54 Å². The normalized spacial score (nSPS) is 19.8. The Labute approximate surface area is 108 Å². The lowest BCUT2D eigenvalue weighted by Crippen LogP contribution is -2.44. The van der Waals surface area contributed by atoms with Crippen LogP contribution in [0, 0.1) is 5.92 Å². The Morgan fingerprint density at radius 2 is 1.83 bits per heavy atom. The molecule has 2 aliphatic rings. The first-order chi connectivity index (χ1) is 8.66. The number of carboxylic acid groups (broad SMARTS) is 1. The largest absolute Gasteiger partial charge is 0.480 e. The van der Waals surface area contributed by atoms with Crippen molar-refractivity contribution in [3.8, 4) is 0 Å². The SMILES string of the molecule is O=C(O)CN(C(=O)NCCC1CCCC1)C1CC1. The highest BCUT2D eigenvalue weighted by molar-refractivity contribution is 5.80. The molecule has 102 valence electrons. The Morgan fingerprint density at radius 3 is 2.39 bits per heavy atom. The van der Waals surface area contributed by atoms with E-state index in [1.807, 2.05) is 0 Å². The molecule has 2 saturated carbocycles. The molecule has 0 radical (unpaired) electrons. The molecule has 0 aliphatic heterocycles. The molecule has 0 aromatic rings. The average molecular weight is 254 g/mol. The van der Waals surface area contributed by atoms with Crippen molar-refractivity contribution < 1.29 is 14.7 Å². The lowest BCUT2D eigenvalue weighted by molar-refractivity contribution is -0.137. The zero-order valence-corrected chi connectivity index (χ0v) is 10.7. The van der Waals surface area contributed by atoms with Crippen LogP contribution in [0.5, 0.6) is 0 Å². The summed E-state index contributed by atoms with van der Waals surface area (Å²) in [4.78, 5) is 24.0. The molecule has 2 amide bonds. The van der Waals surface area contributed by atoms with Crippen molar-refractivity contribution in [2.45, 2.75) is 51.0 Å². The highest BCUT2D eigenvalue weighted by atomic mass is 16.4. The van der Waals surface area contributed by atoms with E-state index in [9.17, 15) is 9.59 Å². The van der Waals surface area contributed by atoms with Crippen LogP contribution in [0.2, 0.25) is 0 Å². The van der Waals surface area contributed by atoms with Crippen molar-refractivity contribution in [3.63, 3.8) is 0 Å². The fraction of sp³-hybridized carbons (Fsp3) is 0.846. The van der Waals surface area contributed by atoms with Crippen LogP contribution in [0.1, 0.15) is 44.9 Å². The summed E-state index contributed by atoms with van der Waals surface area (Å²) >= 11 is 0. The number of carboxylic acids is 1. The van der Waals surface area contributed by atoms with E-state index in [0.29, 0.717) is 6.54 Å². The van der Waals surface area contributed by atoms with E-state index in [0.717, 1.165) is 25.2 Å². The summed E-state index contributed by atoms with van der Waals surface area (Å²) in [6.07, 6.45) is 8.07. The maximum Gasteiger partial charge on any atom is 0.323 e. The topological polar surface area (TPSA) is 69.6 Å². The number of carbonyl (C=O) groups excluding carboxylic acids is 1. The molecule has 2 fully saturated rings. The van der Waals surface area contributed by atoms with Gasteiger partial charge in [0.15, 0.2) is 0 Å². The van der Waals surface area contributed by atoms with Crippen molar-refractivity contribution in [2.75, 3.05) is 13.1 Å². The summed E-state index contributed by atoms with van der Waals surface area (Å²) in [6.45, 7) is 0.492. The first-order valence-electron chi connectivity index (χ1n) is 6.93. The fourth-order valence-corrected chi connectivity index (χ4v) is 2.68. The number of nitrogens with one attached hydrogen (secondary N) is 1. The van der Waals surface area contributed by atoms with Crippen molar-refractivity contribution in [3.05, 3.63) is 0 Å². The summed E-state index contributed by atoms with van der Waals surface area (Å²) < 4.78 is 0. The van der Waals surface area contributed by atoms with Crippen molar-refractivity contribution in [1.29, 1.82) is 0 Å². The number of carbonyl (C=O) groups is 2. The Bertz CT molecular complexity index is 309. The van der Waals surface area contributed by atoms with E-state index in [4.69, 9.17) is 5.11 Å². The smallest absolute Gasteiger partial charge is 0.323 e. The molecule has 2 aliphatic carbocycles. The minimum absolute atomic E-state index is 0.146. The van der Waals surface area contributed by atoms with Crippen LogP contribution in [0.25, 0.3) is 0 Å². The zero-order valence-electron chi connectivity index (χ0n) is 10.7. The second-order valence-corrected chi connectivity index (χ2v) is 5.42. The molecule has 2 rings (SSSR count). The third-order valence-corrected chi connectivity index (χ3v) is 3.86. The van der Waals surface area contributed by atoms with Gasteiger partial charge in [-0.25, -0.2) is 4.79 Å². The molecule has 0 atom stereocenters.